The maximum atomic E-state index is 12.2. The van der Waals surface area contributed by atoms with Crippen molar-refractivity contribution < 1.29 is 23.8 Å². The molecule has 0 fully saturated rings. The summed E-state index contributed by atoms with van der Waals surface area (Å²) in [6.07, 6.45) is -0.736. The first-order valence-electron chi connectivity index (χ1n) is 8.21. The van der Waals surface area contributed by atoms with Crippen LogP contribution in [0, 0.1) is 0 Å². The Balaban J connectivity index is 4.26. The van der Waals surface area contributed by atoms with Crippen LogP contribution in [0.15, 0.2) is 0 Å². The molecule has 0 saturated carbocycles. The molecule has 0 aromatic heterocycles. The quantitative estimate of drug-likeness (QED) is 0.620. The Morgan fingerprint density at radius 2 is 1.65 bits per heavy atom. The zero-order valence-corrected chi connectivity index (χ0v) is 15.3. The van der Waals surface area contributed by atoms with Crippen molar-refractivity contribution in [2.75, 3.05) is 32.8 Å². The van der Waals surface area contributed by atoms with Crippen LogP contribution in [0.5, 0.6) is 0 Å². The van der Waals surface area contributed by atoms with Gasteiger partial charge in [0.15, 0.2) is 6.29 Å². The smallest absolute Gasteiger partial charge is 0.407 e. The lowest BCUT2D eigenvalue weighted by Crippen LogP contribution is -2.41. The predicted octanol–water partition coefficient (Wildman–Crippen LogP) is 2.15. The van der Waals surface area contributed by atoms with Gasteiger partial charge in [-0.25, -0.2) is 4.79 Å². The summed E-state index contributed by atoms with van der Waals surface area (Å²) < 4.78 is 16.0. The molecule has 0 aromatic rings. The molecule has 7 nitrogen and oxygen atoms in total. The molecule has 0 atom stereocenters. The van der Waals surface area contributed by atoms with Gasteiger partial charge in [-0.3, -0.25) is 4.79 Å². The third-order valence-corrected chi connectivity index (χ3v) is 2.82. The van der Waals surface area contributed by atoms with E-state index < -0.39 is 18.0 Å². The zero-order chi connectivity index (χ0) is 17.9. The molecular weight excluding hydrogens is 300 g/mol. The van der Waals surface area contributed by atoms with Gasteiger partial charge in [-0.15, -0.1) is 0 Å². The number of carbonyl (C=O) groups excluding carboxylic acids is 2. The molecule has 23 heavy (non-hydrogen) atoms. The van der Waals surface area contributed by atoms with Gasteiger partial charge in [-0.1, -0.05) is 0 Å². The molecule has 0 radical (unpaired) electrons. The number of nitrogens with one attached hydrogen (secondary N) is 1. The first kappa shape index (κ1) is 21.7. The first-order valence-corrected chi connectivity index (χ1v) is 8.21. The minimum absolute atomic E-state index is 0.0621. The predicted molar refractivity (Wildman–Crippen MR) is 88.1 cm³/mol. The SMILES string of the molecule is CCOC(CN(CC)C(=O)CCNC(=O)OC(C)(C)C)OCC. The molecule has 7 heteroatoms. The molecule has 0 aliphatic carbocycles. The number of amides is 2. The van der Waals surface area contributed by atoms with Gasteiger partial charge in [0.25, 0.3) is 0 Å². The maximum absolute atomic E-state index is 12.2. The Labute approximate surface area is 139 Å². The third-order valence-electron chi connectivity index (χ3n) is 2.82. The second kappa shape index (κ2) is 11.2. The second-order valence-electron chi connectivity index (χ2n) is 5.95. The van der Waals surface area contributed by atoms with Crippen molar-refractivity contribution in [2.45, 2.75) is 59.9 Å². The van der Waals surface area contributed by atoms with Crippen molar-refractivity contribution in [3.05, 3.63) is 0 Å². The van der Waals surface area contributed by atoms with E-state index in [0.29, 0.717) is 26.3 Å². The highest BCUT2D eigenvalue weighted by atomic mass is 16.7. The van der Waals surface area contributed by atoms with E-state index >= 15 is 0 Å². The number of alkyl carbamates (subject to hydrolysis) is 1. The number of hydrogen-bond acceptors (Lipinski definition) is 5. The molecule has 2 amide bonds. The molecular formula is C16H32N2O5. The zero-order valence-electron chi connectivity index (χ0n) is 15.3. The summed E-state index contributed by atoms with van der Waals surface area (Å²) in [5, 5.41) is 2.58. The molecule has 0 unspecified atom stereocenters. The average Bonchev–Trinajstić information content (AvgIpc) is 2.42. The van der Waals surface area contributed by atoms with Crippen LogP contribution in [0.25, 0.3) is 0 Å². The van der Waals surface area contributed by atoms with E-state index in [1.807, 2.05) is 20.8 Å². The van der Waals surface area contributed by atoms with Crippen LogP contribution in [-0.4, -0.2) is 61.6 Å². The first-order chi connectivity index (χ1) is 10.7. The van der Waals surface area contributed by atoms with Gasteiger partial charge >= 0.3 is 6.09 Å². The van der Waals surface area contributed by atoms with Crippen molar-refractivity contribution in [2.24, 2.45) is 0 Å². The Morgan fingerprint density at radius 3 is 2.09 bits per heavy atom. The van der Waals surface area contributed by atoms with Gasteiger partial charge in [0, 0.05) is 32.7 Å². The van der Waals surface area contributed by atoms with Crippen molar-refractivity contribution in [3.8, 4) is 0 Å². The fraction of sp³-hybridized carbons (Fsp3) is 0.875. The molecule has 0 aromatic carbocycles. The lowest BCUT2D eigenvalue weighted by Gasteiger charge is -2.26. The standard InChI is InChI=1S/C16H32N2O5/c1-7-18(12-14(21-8-2)22-9-3)13(19)10-11-17-15(20)23-16(4,5)6/h14H,7-12H2,1-6H3,(H,17,20). The molecule has 0 heterocycles. The normalized spacial score (nSPS) is 11.4. The van der Waals surface area contributed by atoms with Crippen molar-refractivity contribution in [1.29, 1.82) is 0 Å². The molecule has 1 N–H and O–H groups in total. The molecule has 0 saturated heterocycles. The Bertz CT molecular complexity index is 349. The Hall–Kier alpha value is -1.34. The molecule has 0 bridgehead atoms. The van der Waals surface area contributed by atoms with E-state index in [1.54, 1.807) is 25.7 Å². The summed E-state index contributed by atoms with van der Waals surface area (Å²) >= 11 is 0. The fourth-order valence-corrected chi connectivity index (χ4v) is 1.86. The Morgan fingerprint density at radius 1 is 1.09 bits per heavy atom. The van der Waals surface area contributed by atoms with Gasteiger partial charge in [-0.2, -0.15) is 0 Å². The van der Waals surface area contributed by atoms with Crippen molar-refractivity contribution >= 4 is 12.0 Å². The number of rotatable bonds is 10. The van der Waals surface area contributed by atoms with E-state index in [0.717, 1.165) is 0 Å². The van der Waals surface area contributed by atoms with Gasteiger partial charge in [0.1, 0.15) is 5.60 Å². The average molecular weight is 332 g/mol. The van der Waals surface area contributed by atoms with E-state index in [4.69, 9.17) is 14.2 Å². The van der Waals surface area contributed by atoms with Crippen LogP contribution in [0.1, 0.15) is 48.0 Å². The topological polar surface area (TPSA) is 77.1 Å². The van der Waals surface area contributed by atoms with E-state index in [9.17, 15) is 9.59 Å². The second-order valence-corrected chi connectivity index (χ2v) is 5.95. The summed E-state index contributed by atoms with van der Waals surface area (Å²) in [7, 11) is 0. The summed E-state index contributed by atoms with van der Waals surface area (Å²) in [6, 6.07) is 0. The highest BCUT2D eigenvalue weighted by Crippen LogP contribution is 2.06. The highest BCUT2D eigenvalue weighted by molar-refractivity contribution is 5.77. The van der Waals surface area contributed by atoms with Gasteiger partial charge in [0.05, 0.1) is 6.54 Å². The van der Waals surface area contributed by atoms with E-state index in [2.05, 4.69) is 5.32 Å². The van der Waals surface area contributed by atoms with Gasteiger partial charge < -0.3 is 24.4 Å². The van der Waals surface area contributed by atoms with Crippen LogP contribution in [0.4, 0.5) is 4.79 Å². The van der Waals surface area contributed by atoms with Gasteiger partial charge in [-0.05, 0) is 41.5 Å². The molecule has 0 rings (SSSR count). The summed E-state index contributed by atoms with van der Waals surface area (Å²) in [4.78, 5) is 25.4. The maximum Gasteiger partial charge on any atom is 0.407 e. The van der Waals surface area contributed by atoms with E-state index in [1.165, 1.54) is 0 Å². The van der Waals surface area contributed by atoms with Crippen LogP contribution in [-0.2, 0) is 19.0 Å². The van der Waals surface area contributed by atoms with Crippen LogP contribution < -0.4 is 5.32 Å². The molecule has 0 aliphatic heterocycles. The van der Waals surface area contributed by atoms with Crippen LogP contribution >= 0.6 is 0 Å². The third kappa shape index (κ3) is 10.9. The largest absolute Gasteiger partial charge is 0.444 e. The number of nitrogens with zero attached hydrogens (tertiary/aromatic N) is 1. The lowest BCUT2D eigenvalue weighted by molar-refractivity contribution is -0.158. The Kier molecular flexibility index (Phi) is 10.6. The number of ether oxygens (including phenoxy) is 3. The molecule has 136 valence electrons. The van der Waals surface area contributed by atoms with Crippen LogP contribution in [0.3, 0.4) is 0 Å². The van der Waals surface area contributed by atoms with Gasteiger partial charge in [0.2, 0.25) is 5.91 Å². The lowest BCUT2D eigenvalue weighted by atomic mass is 10.2. The molecule has 0 spiro atoms. The van der Waals surface area contributed by atoms with Crippen LogP contribution in [0.2, 0.25) is 0 Å². The summed E-state index contributed by atoms with van der Waals surface area (Å²) in [6.45, 7) is 13.3. The highest BCUT2D eigenvalue weighted by Gasteiger charge is 2.19. The summed E-state index contributed by atoms with van der Waals surface area (Å²) in [5.41, 5.74) is -0.550. The molecule has 0 aliphatic rings. The van der Waals surface area contributed by atoms with Crippen molar-refractivity contribution in [3.63, 3.8) is 0 Å². The number of carbonyl (C=O) groups is 2. The number of hydrogen-bond donors (Lipinski definition) is 1. The summed E-state index contributed by atoms with van der Waals surface area (Å²) in [5.74, 6) is -0.0621. The fourth-order valence-electron chi connectivity index (χ4n) is 1.86. The minimum Gasteiger partial charge on any atom is -0.444 e. The minimum atomic E-state index is -0.550. The van der Waals surface area contributed by atoms with Crippen molar-refractivity contribution in [1.82, 2.24) is 10.2 Å². The monoisotopic (exact) mass is 332 g/mol. The number of likely N-dealkylation sites (N-methyl/N-ethyl adjacent to an activating group) is 1. The van der Waals surface area contributed by atoms with E-state index in [-0.39, 0.29) is 18.9 Å².